The number of aromatic nitrogens is 2. The Balaban J connectivity index is 2.74. The second-order valence-electron chi connectivity index (χ2n) is 3.73. The molecule has 0 amide bonds. The molecular weight excluding hydrogens is 186 g/mol. The third-order valence-electron chi connectivity index (χ3n) is 2.50. The van der Waals surface area contributed by atoms with E-state index in [-0.39, 0.29) is 6.04 Å². The first-order valence-electron chi connectivity index (χ1n) is 5.29. The molecule has 0 aromatic carbocycles. The minimum Gasteiger partial charge on any atom is -0.311 e. The smallest absolute Gasteiger partial charge is 0.0759 e. The van der Waals surface area contributed by atoms with E-state index in [0.29, 0.717) is 0 Å². The Hall–Kier alpha value is -1.22. The summed E-state index contributed by atoms with van der Waals surface area (Å²) in [5.41, 5.74) is 3.16. The molecule has 1 atom stereocenters. The van der Waals surface area contributed by atoms with Crippen LogP contribution in [0.5, 0.6) is 0 Å². The van der Waals surface area contributed by atoms with Gasteiger partial charge in [-0.3, -0.25) is 9.97 Å². The van der Waals surface area contributed by atoms with Crippen molar-refractivity contribution in [1.82, 2.24) is 15.3 Å². The van der Waals surface area contributed by atoms with Gasteiger partial charge in [0.1, 0.15) is 0 Å². The molecule has 15 heavy (non-hydrogen) atoms. The van der Waals surface area contributed by atoms with E-state index in [1.807, 2.05) is 20.2 Å². The molecule has 3 nitrogen and oxygen atoms in total. The third-order valence-corrected chi connectivity index (χ3v) is 2.50. The lowest BCUT2D eigenvalue weighted by Gasteiger charge is -2.16. The highest BCUT2D eigenvalue weighted by Gasteiger charge is 2.11. The lowest BCUT2D eigenvalue weighted by molar-refractivity contribution is 0.564. The quantitative estimate of drug-likeness (QED) is 0.750. The van der Waals surface area contributed by atoms with Crippen molar-refractivity contribution in [2.75, 3.05) is 7.05 Å². The number of nitrogens with one attached hydrogen (secondary N) is 1. The minimum absolute atomic E-state index is 0.227. The van der Waals surface area contributed by atoms with Crippen LogP contribution >= 0.6 is 0 Å². The predicted octanol–water partition coefficient (Wildman–Crippen LogP) is 2.40. The van der Waals surface area contributed by atoms with Gasteiger partial charge in [0.2, 0.25) is 0 Å². The maximum atomic E-state index is 4.37. The van der Waals surface area contributed by atoms with Gasteiger partial charge in [-0.05, 0) is 26.8 Å². The number of rotatable bonds is 5. The summed E-state index contributed by atoms with van der Waals surface area (Å²) in [5.74, 6) is 0. The Bertz CT molecular complexity index is 316. The van der Waals surface area contributed by atoms with E-state index in [4.69, 9.17) is 0 Å². The van der Waals surface area contributed by atoms with E-state index in [1.165, 1.54) is 5.57 Å². The highest BCUT2D eigenvalue weighted by atomic mass is 14.9. The van der Waals surface area contributed by atoms with Gasteiger partial charge in [-0.15, -0.1) is 0 Å². The zero-order valence-corrected chi connectivity index (χ0v) is 9.75. The lowest BCUT2D eigenvalue weighted by Crippen LogP contribution is -2.18. The summed E-state index contributed by atoms with van der Waals surface area (Å²) in [6.45, 7) is 8.08. The Kier molecular flexibility index (Phi) is 4.43. The molecule has 0 aliphatic heterocycles. The van der Waals surface area contributed by atoms with E-state index < -0.39 is 0 Å². The van der Waals surface area contributed by atoms with Crippen molar-refractivity contribution in [2.24, 2.45) is 0 Å². The molecular formula is C12H19N3. The zero-order valence-electron chi connectivity index (χ0n) is 9.75. The molecule has 0 fully saturated rings. The predicted molar refractivity (Wildman–Crippen MR) is 62.6 cm³/mol. The SMILES string of the molecule is C=C(CC)CC(NC)c1cnc(C)cn1. The van der Waals surface area contributed by atoms with Gasteiger partial charge >= 0.3 is 0 Å². The van der Waals surface area contributed by atoms with Crippen LogP contribution in [0.2, 0.25) is 0 Å². The van der Waals surface area contributed by atoms with E-state index in [2.05, 4.69) is 28.8 Å². The van der Waals surface area contributed by atoms with Gasteiger partial charge in [0, 0.05) is 6.20 Å². The summed E-state index contributed by atoms with van der Waals surface area (Å²) in [6, 6.07) is 0.227. The summed E-state index contributed by atoms with van der Waals surface area (Å²) in [6.07, 6.45) is 5.57. The third kappa shape index (κ3) is 3.44. The van der Waals surface area contributed by atoms with Crippen LogP contribution in [0.25, 0.3) is 0 Å². The maximum Gasteiger partial charge on any atom is 0.0759 e. The first kappa shape index (κ1) is 11.9. The van der Waals surface area contributed by atoms with E-state index in [1.54, 1.807) is 6.20 Å². The normalized spacial score (nSPS) is 12.5. The molecule has 3 heteroatoms. The average molecular weight is 205 g/mol. The molecule has 82 valence electrons. The first-order chi connectivity index (χ1) is 7.17. The van der Waals surface area contributed by atoms with Gasteiger partial charge in [-0.25, -0.2) is 0 Å². The number of hydrogen-bond acceptors (Lipinski definition) is 3. The molecule has 0 saturated heterocycles. The van der Waals surface area contributed by atoms with Gasteiger partial charge < -0.3 is 5.32 Å². The van der Waals surface area contributed by atoms with Crippen molar-refractivity contribution in [3.8, 4) is 0 Å². The van der Waals surface area contributed by atoms with Crippen LogP contribution in [0.15, 0.2) is 24.5 Å². The van der Waals surface area contributed by atoms with Gasteiger partial charge in [0.25, 0.3) is 0 Å². The molecule has 1 unspecified atom stereocenters. The van der Waals surface area contributed by atoms with Crippen molar-refractivity contribution in [3.63, 3.8) is 0 Å². The highest BCUT2D eigenvalue weighted by Crippen LogP contribution is 2.18. The van der Waals surface area contributed by atoms with Crippen LogP contribution < -0.4 is 5.32 Å². The minimum atomic E-state index is 0.227. The molecule has 0 aliphatic carbocycles. The standard InChI is InChI=1S/C12H19N3/c1-5-9(2)6-11(13-4)12-8-14-10(3)7-15-12/h7-8,11,13H,2,5-6H2,1,3-4H3. The van der Waals surface area contributed by atoms with Crippen molar-refractivity contribution in [1.29, 1.82) is 0 Å². The zero-order chi connectivity index (χ0) is 11.3. The fraction of sp³-hybridized carbons (Fsp3) is 0.500. The molecule has 1 aromatic rings. The van der Waals surface area contributed by atoms with Crippen LogP contribution in [0.3, 0.4) is 0 Å². The Morgan fingerprint density at radius 2 is 2.20 bits per heavy atom. The summed E-state index contributed by atoms with van der Waals surface area (Å²) >= 11 is 0. The number of nitrogens with zero attached hydrogens (tertiary/aromatic N) is 2. The van der Waals surface area contributed by atoms with Gasteiger partial charge in [-0.1, -0.05) is 19.1 Å². The number of aryl methyl sites for hydroxylation is 1. The van der Waals surface area contributed by atoms with Crippen molar-refractivity contribution in [3.05, 3.63) is 35.9 Å². The molecule has 0 aliphatic rings. The molecule has 1 N–H and O–H groups in total. The molecule has 1 rings (SSSR count). The largest absolute Gasteiger partial charge is 0.311 e. The second-order valence-corrected chi connectivity index (χ2v) is 3.73. The highest BCUT2D eigenvalue weighted by molar-refractivity contribution is 5.10. The lowest BCUT2D eigenvalue weighted by atomic mass is 10.0. The van der Waals surface area contributed by atoms with E-state index in [0.717, 1.165) is 24.2 Å². The fourth-order valence-corrected chi connectivity index (χ4v) is 1.37. The van der Waals surface area contributed by atoms with E-state index in [9.17, 15) is 0 Å². The summed E-state index contributed by atoms with van der Waals surface area (Å²) < 4.78 is 0. The molecule has 1 aromatic heterocycles. The summed E-state index contributed by atoms with van der Waals surface area (Å²) in [5, 5.41) is 3.24. The van der Waals surface area contributed by atoms with Crippen LogP contribution in [0.1, 0.15) is 37.2 Å². The summed E-state index contributed by atoms with van der Waals surface area (Å²) in [4.78, 5) is 8.62. The van der Waals surface area contributed by atoms with Crippen molar-refractivity contribution < 1.29 is 0 Å². The fourth-order valence-electron chi connectivity index (χ4n) is 1.37. The second kappa shape index (κ2) is 5.61. The molecule has 0 spiro atoms. The van der Waals surface area contributed by atoms with Crippen LogP contribution in [-0.4, -0.2) is 17.0 Å². The molecule has 0 radical (unpaired) electrons. The molecule has 1 heterocycles. The van der Waals surface area contributed by atoms with Crippen molar-refractivity contribution in [2.45, 2.75) is 32.7 Å². The van der Waals surface area contributed by atoms with Gasteiger partial charge in [0.15, 0.2) is 0 Å². The van der Waals surface area contributed by atoms with Gasteiger partial charge in [0.05, 0.1) is 23.6 Å². The van der Waals surface area contributed by atoms with E-state index >= 15 is 0 Å². The Morgan fingerprint density at radius 3 is 2.67 bits per heavy atom. The van der Waals surface area contributed by atoms with Crippen LogP contribution in [0.4, 0.5) is 0 Å². The average Bonchev–Trinajstić information content (AvgIpc) is 2.27. The monoisotopic (exact) mass is 205 g/mol. The van der Waals surface area contributed by atoms with Crippen LogP contribution in [0, 0.1) is 6.92 Å². The van der Waals surface area contributed by atoms with Crippen LogP contribution in [-0.2, 0) is 0 Å². The Morgan fingerprint density at radius 1 is 1.47 bits per heavy atom. The molecule has 0 saturated carbocycles. The summed E-state index contributed by atoms with van der Waals surface area (Å²) in [7, 11) is 1.94. The topological polar surface area (TPSA) is 37.8 Å². The molecule has 0 bridgehead atoms. The van der Waals surface area contributed by atoms with Crippen molar-refractivity contribution >= 4 is 0 Å². The number of hydrogen-bond donors (Lipinski definition) is 1. The first-order valence-corrected chi connectivity index (χ1v) is 5.29. The Labute approximate surface area is 91.7 Å². The van der Waals surface area contributed by atoms with Gasteiger partial charge in [-0.2, -0.15) is 0 Å². The maximum absolute atomic E-state index is 4.37.